The Kier molecular flexibility index (Phi) is 3.79. The number of fused-ring (bicyclic) bond motifs is 1. The third kappa shape index (κ3) is 2.01. The molecule has 1 fully saturated rings. The summed E-state index contributed by atoms with van der Waals surface area (Å²) in [7, 11) is 0. The van der Waals surface area contributed by atoms with E-state index < -0.39 is 41.4 Å². The number of benzene rings is 1. The number of hydrogen-bond donors (Lipinski definition) is 6. The Morgan fingerprint density at radius 1 is 1.17 bits per heavy atom. The maximum atomic E-state index is 11.0. The summed E-state index contributed by atoms with van der Waals surface area (Å²) < 4.78 is 4.79. The quantitative estimate of drug-likeness (QED) is 0.351. The highest BCUT2D eigenvalue weighted by molar-refractivity contribution is 6.23. The average molecular weight is 346 g/mol. The number of aliphatic hydroxyl groups excluding tert-OH is 4. The third-order valence-corrected chi connectivity index (χ3v) is 4.81. The Morgan fingerprint density at radius 3 is 2.48 bits per heavy atom. The highest BCUT2D eigenvalue weighted by Gasteiger charge is 2.70. The first-order valence-electron chi connectivity index (χ1n) is 6.82. The van der Waals surface area contributed by atoms with Crippen molar-refractivity contribution in [2.75, 3.05) is 6.61 Å². The molecule has 1 unspecified atom stereocenters. The normalized spacial score (nSPS) is 46.0. The number of para-hydroxylation sites is 1. The standard InChI is InChI=1S/C14H16ClNO7/c15-13(6-17)11(20)14(22,9(18)10(19)23-13)12(21)5-16-8-4-2-1-3-7(8)12/h1-5,9-11,17-22H,6H2/t9-,10+,11+,12?,13+,14+/m0/s1. The first-order chi connectivity index (χ1) is 10.7. The molecule has 3 rings (SSSR count). The van der Waals surface area contributed by atoms with Gasteiger partial charge in [-0.3, -0.25) is 4.99 Å². The lowest BCUT2D eigenvalue weighted by Gasteiger charge is -2.54. The Labute approximate surface area is 135 Å². The van der Waals surface area contributed by atoms with Crippen LogP contribution in [0.2, 0.25) is 0 Å². The number of nitrogens with zero attached hydrogens (tertiary/aromatic N) is 1. The molecule has 0 saturated carbocycles. The molecule has 8 nitrogen and oxygen atoms in total. The molecule has 0 radical (unpaired) electrons. The van der Waals surface area contributed by atoms with Gasteiger partial charge in [-0.05, 0) is 6.07 Å². The number of ether oxygens (including phenoxy) is 1. The summed E-state index contributed by atoms with van der Waals surface area (Å²) in [6.07, 6.45) is -5.39. The maximum Gasteiger partial charge on any atom is 0.196 e. The van der Waals surface area contributed by atoms with Gasteiger partial charge in [-0.15, -0.1) is 0 Å². The van der Waals surface area contributed by atoms with Crippen molar-refractivity contribution in [2.45, 2.75) is 34.8 Å². The van der Waals surface area contributed by atoms with E-state index in [0.29, 0.717) is 5.69 Å². The summed E-state index contributed by atoms with van der Waals surface area (Å²) in [5, 5.41) is 59.4. The molecule has 2 aliphatic rings. The lowest BCUT2D eigenvalue weighted by Crippen LogP contribution is -2.77. The predicted octanol–water partition coefficient (Wildman–Crippen LogP) is -1.68. The molecule has 126 valence electrons. The molecule has 0 bridgehead atoms. The first kappa shape index (κ1) is 16.7. The van der Waals surface area contributed by atoms with Crippen molar-refractivity contribution in [3.8, 4) is 0 Å². The van der Waals surface area contributed by atoms with E-state index in [-0.39, 0.29) is 5.56 Å². The average Bonchev–Trinajstić information content (AvgIpc) is 2.90. The smallest absolute Gasteiger partial charge is 0.196 e. The Balaban J connectivity index is 2.18. The van der Waals surface area contributed by atoms with Gasteiger partial charge in [0, 0.05) is 11.8 Å². The van der Waals surface area contributed by atoms with Gasteiger partial charge < -0.3 is 35.4 Å². The molecule has 6 atom stereocenters. The topological polar surface area (TPSA) is 143 Å². The number of rotatable bonds is 2. The summed E-state index contributed by atoms with van der Waals surface area (Å²) in [5.41, 5.74) is -4.73. The van der Waals surface area contributed by atoms with Crippen LogP contribution in [0.3, 0.4) is 0 Å². The van der Waals surface area contributed by atoms with Gasteiger partial charge in [0.1, 0.15) is 12.2 Å². The summed E-state index contributed by atoms with van der Waals surface area (Å²) >= 11 is 5.91. The van der Waals surface area contributed by atoms with E-state index in [1.807, 2.05) is 0 Å². The highest BCUT2D eigenvalue weighted by Crippen LogP contribution is 2.50. The fourth-order valence-electron chi connectivity index (χ4n) is 3.06. The second-order valence-electron chi connectivity index (χ2n) is 5.67. The van der Waals surface area contributed by atoms with E-state index in [4.69, 9.17) is 16.3 Å². The number of halogens is 1. The summed E-state index contributed by atoms with van der Waals surface area (Å²) in [6, 6.07) is 6.21. The van der Waals surface area contributed by atoms with Gasteiger partial charge in [0.15, 0.2) is 22.6 Å². The largest absolute Gasteiger partial charge is 0.392 e. The van der Waals surface area contributed by atoms with E-state index in [9.17, 15) is 30.6 Å². The van der Waals surface area contributed by atoms with Gasteiger partial charge >= 0.3 is 0 Å². The Morgan fingerprint density at radius 2 is 1.83 bits per heavy atom. The SMILES string of the molecule is OC[C@@]1(Cl)O[C@@H](O)[C@H](O)[C@](O)(C2(O)C=Nc3ccccc32)[C@@H]1O. The van der Waals surface area contributed by atoms with Crippen LogP contribution in [0.25, 0.3) is 0 Å². The minimum Gasteiger partial charge on any atom is -0.392 e. The van der Waals surface area contributed by atoms with Gasteiger partial charge in [-0.1, -0.05) is 29.8 Å². The van der Waals surface area contributed by atoms with E-state index in [1.165, 1.54) is 6.07 Å². The molecule has 2 aliphatic heterocycles. The van der Waals surface area contributed by atoms with Crippen LogP contribution in [-0.2, 0) is 10.3 Å². The Hall–Kier alpha value is -1.10. The lowest BCUT2D eigenvalue weighted by atomic mass is 9.69. The molecule has 1 aromatic carbocycles. The van der Waals surface area contributed by atoms with Crippen LogP contribution in [0.5, 0.6) is 0 Å². The lowest BCUT2D eigenvalue weighted by molar-refractivity contribution is -0.360. The number of hydrogen-bond acceptors (Lipinski definition) is 8. The van der Waals surface area contributed by atoms with Gasteiger partial charge in [-0.2, -0.15) is 0 Å². The molecule has 0 aliphatic carbocycles. The minimum atomic E-state index is -2.79. The molecule has 6 N–H and O–H groups in total. The molecular formula is C14H16ClNO7. The fraction of sp³-hybridized carbons (Fsp3) is 0.500. The number of aliphatic imine (C=N–C) groups is 1. The summed E-state index contributed by atoms with van der Waals surface area (Å²) in [6.45, 7) is -0.989. The Bertz CT molecular complexity index is 658. The van der Waals surface area contributed by atoms with Crippen LogP contribution in [0.15, 0.2) is 29.3 Å². The van der Waals surface area contributed by atoms with Crippen molar-refractivity contribution in [3.05, 3.63) is 29.8 Å². The molecule has 1 saturated heterocycles. The molecule has 0 amide bonds. The van der Waals surface area contributed by atoms with Crippen LogP contribution < -0.4 is 0 Å². The van der Waals surface area contributed by atoms with E-state index in [2.05, 4.69) is 4.99 Å². The van der Waals surface area contributed by atoms with Crippen LogP contribution in [0, 0.1) is 0 Å². The number of alkyl halides is 1. The van der Waals surface area contributed by atoms with Crippen LogP contribution in [-0.4, -0.2) is 72.6 Å². The van der Waals surface area contributed by atoms with E-state index in [0.717, 1.165) is 6.21 Å². The van der Waals surface area contributed by atoms with Gasteiger partial charge in [0.25, 0.3) is 0 Å². The summed E-state index contributed by atoms with van der Waals surface area (Å²) in [4.78, 5) is 3.96. The molecule has 0 spiro atoms. The van der Waals surface area contributed by atoms with Crippen molar-refractivity contribution < 1.29 is 35.4 Å². The zero-order chi connectivity index (χ0) is 17.0. The fourth-order valence-corrected chi connectivity index (χ4v) is 3.31. The van der Waals surface area contributed by atoms with Crippen LogP contribution >= 0.6 is 11.6 Å². The van der Waals surface area contributed by atoms with E-state index in [1.54, 1.807) is 18.2 Å². The van der Waals surface area contributed by atoms with Crippen molar-refractivity contribution in [2.24, 2.45) is 4.99 Å². The first-order valence-corrected chi connectivity index (χ1v) is 7.20. The van der Waals surface area contributed by atoms with Crippen molar-refractivity contribution in [3.63, 3.8) is 0 Å². The van der Waals surface area contributed by atoms with Crippen LogP contribution in [0.1, 0.15) is 5.56 Å². The summed E-state index contributed by atoms with van der Waals surface area (Å²) in [5.74, 6) is 0. The number of aliphatic hydroxyl groups is 6. The van der Waals surface area contributed by atoms with Crippen molar-refractivity contribution in [1.82, 2.24) is 0 Å². The second-order valence-corrected chi connectivity index (χ2v) is 6.31. The van der Waals surface area contributed by atoms with Crippen molar-refractivity contribution in [1.29, 1.82) is 0 Å². The van der Waals surface area contributed by atoms with Gasteiger partial charge in [-0.25, -0.2) is 0 Å². The molecular weight excluding hydrogens is 330 g/mol. The zero-order valence-corrected chi connectivity index (χ0v) is 12.5. The minimum absolute atomic E-state index is 0.103. The highest BCUT2D eigenvalue weighted by atomic mass is 35.5. The molecule has 0 aromatic heterocycles. The predicted molar refractivity (Wildman–Crippen MR) is 78.2 cm³/mol. The molecule has 9 heteroatoms. The van der Waals surface area contributed by atoms with E-state index >= 15 is 0 Å². The molecule has 2 heterocycles. The molecule has 23 heavy (non-hydrogen) atoms. The third-order valence-electron chi connectivity index (χ3n) is 4.39. The van der Waals surface area contributed by atoms with Crippen LogP contribution in [0.4, 0.5) is 5.69 Å². The molecule has 1 aromatic rings. The second kappa shape index (κ2) is 5.20. The van der Waals surface area contributed by atoms with Gasteiger partial charge in [0.2, 0.25) is 0 Å². The van der Waals surface area contributed by atoms with Gasteiger partial charge in [0.05, 0.1) is 12.3 Å². The monoisotopic (exact) mass is 345 g/mol. The zero-order valence-electron chi connectivity index (χ0n) is 11.7. The van der Waals surface area contributed by atoms with Crippen molar-refractivity contribution >= 4 is 23.5 Å². The maximum absolute atomic E-state index is 11.0.